The minimum Gasteiger partial charge on any atom is -0.381 e. The highest BCUT2D eigenvalue weighted by molar-refractivity contribution is 5.94. The summed E-state index contributed by atoms with van der Waals surface area (Å²) in [5, 5.41) is 6.47. The van der Waals surface area contributed by atoms with Crippen molar-refractivity contribution in [2.24, 2.45) is 0 Å². The van der Waals surface area contributed by atoms with Crippen molar-refractivity contribution in [1.29, 1.82) is 0 Å². The van der Waals surface area contributed by atoms with Crippen LogP contribution in [0.2, 0.25) is 0 Å². The Hall–Kier alpha value is -1.58. The summed E-state index contributed by atoms with van der Waals surface area (Å²) < 4.78 is 0. The zero-order valence-corrected chi connectivity index (χ0v) is 12.5. The summed E-state index contributed by atoms with van der Waals surface area (Å²) in [6.07, 6.45) is 10.4. The second-order valence-electron chi connectivity index (χ2n) is 5.72. The third-order valence-corrected chi connectivity index (χ3v) is 3.97. The SMILES string of the molecule is CCC(C)Nc1cncc(C(=O)NC2CCCCC2)c1. The molecule has 1 unspecified atom stereocenters. The second kappa shape index (κ2) is 7.27. The van der Waals surface area contributed by atoms with Crippen LogP contribution in [0.5, 0.6) is 0 Å². The van der Waals surface area contributed by atoms with Gasteiger partial charge in [-0.2, -0.15) is 0 Å². The number of nitrogens with zero attached hydrogens (tertiary/aromatic N) is 1. The van der Waals surface area contributed by atoms with Crippen LogP contribution in [0, 0.1) is 0 Å². The van der Waals surface area contributed by atoms with E-state index in [1.54, 1.807) is 12.4 Å². The summed E-state index contributed by atoms with van der Waals surface area (Å²) in [6.45, 7) is 4.25. The Balaban J connectivity index is 1.96. The predicted octanol–water partition coefficient (Wildman–Crippen LogP) is 3.35. The maximum Gasteiger partial charge on any atom is 0.253 e. The van der Waals surface area contributed by atoms with E-state index in [1.165, 1.54) is 19.3 Å². The molecule has 1 aliphatic carbocycles. The van der Waals surface area contributed by atoms with Gasteiger partial charge >= 0.3 is 0 Å². The average Bonchev–Trinajstić information content (AvgIpc) is 2.48. The third kappa shape index (κ3) is 4.22. The molecule has 2 rings (SSSR count). The zero-order valence-electron chi connectivity index (χ0n) is 12.5. The van der Waals surface area contributed by atoms with Gasteiger partial charge < -0.3 is 10.6 Å². The number of aromatic nitrogens is 1. The van der Waals surface area contributed by atoms with Crippen LogP contribution in [0.4, 0.5) is 5.69 Å². The van der Waals surface area contributed by atoms with E-state index in [9.17, 15) is 4.79 Å². The summed E-state index contributed by atoms with van der Waals surface area (Å²) in [5.74, 6) is -0.00259. The summed E-state index contributed by atoms with van der Waals surface area (Å²) >= 11 is 0. The molecule has 4 heteroatoms. The topological polar surface area (TPSA) is 54.0 Å². The minimum absolute atomic E-state index is 0.00259. The Morgan fingerprint density at radius 2 is 2.10 bits per heavy atom. The Morgan fingerprint density at radius 3 is 2.80 bits per heavy atom. The number of rotatable bonds is 5. The Kier molecular flexibility index (Phi) is 5.39. The van der Waals surface area contributed by atoms with Crippen LogP contribution >= 0.6 is 0 Å². The van der Waals surface area contributed by atoms with Gasteiger partial charge in [-0.1, -0.05) is 26.2 Å². The predicted molar refractivity (Wildman–Crippen MR) is 82.0 cm³/mol. The van der Waals surface area contributed by atoms with Gasteiger partial charge in [0, 0.05) is 24.5 Å². The number of hydrogen-bond donors (Lipinski definition) is 2. The summed E-state index contributed by atoms with van der Waals surface area (Å²) in [6, 6.07) is 2.60. The van der Waals surface area contributed by atoms with E-state index >= 15 is 0 Å². The molecule has 1 saturated carbocycles. The molecule has 0 spiro atoms. The normalized spacial score (nSPS) is 17.5. The van der Waals surface area contributed by atoms with E-state index in [2.05, 4.69) is 29.5 Å². The van der Waals surface area contributed by atoms with E-state index in [-0.39, 0.29) is 5.91 Å². The number of hydrogen-bond acceptors (Lipinski definition) is 3. The van der Waals surface area contributed by atoms with E-state index < -0.39 is 0 Å². The van der Waals surface area contributed by atoms with Crippen molar-refractivity contribution in [1.82, 2.24) is 10.3 Å². The molecule has 1 fully saturated rings. The van der Waals surface area contributed by atoms with Crippen molar-refractivity contribution in [2.75, 3.05) is 5.32 Å². The molecule has 2 N–H and O–H groups in total. The maximum absolute atomic E-state index is 12.2. The first-order valence-electron chi connectivity index (χ1n) is 7.71. The lowest BCUT2D eigenvalue weighted by atomic mass is 9.95. The van der Waals surface area contributed by atoms with Gasteiger partial charge in [-0.05, 0) is 32.3 Å². The molecule has 1 heterocycles. The number of amides is 1. The van der Waals surface area contributed by atoms with E-state index in [1.807, 2.05) is 6.07 Å². The van der Waals surface area contributed by atoms with Gasteiger partial charge in [-0.3, -0.25) is 9.78 Å². The van der Waals surface area contributed by atoms with Crippen molar-refractivity contribution in [2.45, 2.75) is 64.5 Å². The first-order chi connectivity index (χ1) is 9.69. The van der Waals surface area contributed by atoms with Crippen molar-refractivity contribution < 1.29 is 4.79 Å². The largest absolute Gasteiger partial charge is 0.381 e. The molecule has 0 aliphatic heterocycles. The molecule has 0 saturated heterocycles. The van der Waals surface area contributed by atoms with Gasteiger partial charge in [0.2, 0.25) is 0 Å². The van der Waals surface area contributed by atoms with Crippen LogP contribution in [0.25, 0.3) is 0 Å². The average molecular weight is 275 g/mol. The van der Waals surface area contributed by atoms with Gasteiger partial charge in [0.05, 0.1) is 11.3 Å². The lowest BCUT2D eigenvalue weighted by Crippen LogP contribution is -2.36. The van der Waals surface area contributed by atoms with Gasteiger partial charge in [0.25, 0.3) is 5.91 Å². The zero-order chi connectivity index (χ0) is 14.4. The number of pyridine rings is 1. The van der Waals surface area contributed by atoms with Crippen LogP contribution in [0.1, 0.15) is 62.7 Å². The summed E-state index contributed by atoms with van der Waals surface area (Å²) in [7, 11) is 0. The minimum atomic E-state index is -0.00259. The van der Waals surface area contributed by atoms with Gasteiger partial charge in [-0.15, -0.1) is 0 Å². The second-order valence-corrected chi connectivity index (χ2v) is 5.72. The molecule has 1 aromatic rings. The molecule has 4 nitrogen and oxygen atoms in total. The lowest BCUT2D eigenvalue weighted by molar-refractivity contribution is 0.0927. The highest BCUT2D eigenvalue weighted by atomic mass is 16.1. The first-order valence-corrected chi connectivity index (χ1v) is 7.71. The van der Waals surface area contributed by atoms with E-state index in [4.69, 9.17) is 0 Å². The fraction of sp³-hybridized carbons (Fsp3) is 0.625. The quantitative estimate of drug-likeness (QED) is 0.866. The van der Waals surface area contributed by atoms with Crippen molar-refractivity contribution in [3.05, 3.63) is 24.0 Å². The number of carbonyl (C=O) groups is 1. The fourth-order valence-electron chi connectivity index (χ4n) is 2.55. The molecule has 1 aromatic heterocycles. The summed E-state index contributed by atoms with van der Waals surface area (Å²) in [5.41, 5.74) is 1.56. The van der Waals surface area contributed by atoms with Gasteiger partial charge in [-0.25, -0.2) is 0 Å². The van der Waals surface area contributed by atoms with Crippen molar-refractivity contribution in [3.8, 4) is 0 Å². The van der Waals surface area contributed by atoms with Crippen molar-refractivity contribution >= 4 is 11.6 Å². The third-order valence-electron chi connectivity index (χ3n) is 3.97. The standard InChI is InChI=1S/C16H25N3O/c1-3-12(2)18-15-9-13(10-17-11-15)16(20)19-14-7-5-4-6-8-14/h9-12,14,18H,3-8H2,1-2H3,(H,19,20). The van der Waals surface area contributed by atoms with E-state index in [0.717, 1.165) is 24.9 Å². The molecule has 1 amide bonds. The number of carbonyl (C=O) groups excluding carboxylic acids is 1. The van der Waals surface area contributed by atoms with Crippen LogP contribution in [0.3, 0.4) is 0 Å². The van der Waals surface area contributed by atoms with Crippen LogP contribution < -0.4 is 10.6 Å². The molecular formula is C16H25N3O. The van der Waals surface area contributed by atoms with Crippen molar-refractivity contribution in [3.63, 3.8) is 0 Å². The van der Waals surface area contributed by atoms with Crippen LogP contribution in [-0.4, -0.2) is 23.0 Å². The smallest absolute Gasteiger partial charge is 0.253 e. The lowest BCUT2D eigenvalue weighted by Gasteiger charge is -2.22. The Morgan fingerprint density at radius 1 is 1.35 bits per heavy atom. The molecule has 1 atom stereocenters. The number of anilines is 1. The highest BCUT2D eigenvalue weighted by Gasteiger charge is 2.17. The Bertz CT molecular complexity index is 441. The molecular weight excluding hydrogens is 250 g/mol. The monoisotopic (exact) mass is 275 g/mol. The van der Waals surface area contributed by atoms with Crippen LogP contribution in [-0.2, 0) is 0 Å². The van der Waals surface area contributed by atoms with Gasteiger partial charge in [0.1, 0.15) is 0 Å². The molecule has 1 aliphatic rings. The molecule has 0 aromatic carbocycles. The molecule has 0 bridgehead atoms. The highest BCUT2D eigenvalue weighted by Crippen LogP contribution is 2.18. The van der Waals surface area contributed by atoms with Crippen LogP contribution in [0.15, 0.2) is 18.5 Å². The fourth-order valence-corrected chi connectivity index (χ4v) is 2.55. The first kappa shape index (κ1) is 14.8. The van der Waals surface area contributed by atoms with Gasteiger partial charge in [0.15, 0.2) is 0 Å². The summed E-state index contributed by atoms with van der Waals surface area (Å²) in [4.78, 5) is 16.4. The molecule has 0 radical (unpaired) electrons. The maximum atomic E-state index is 12.2. The molecule has 20 heavy (non-hydrogen) atoms. The number of nitrogens with one attached hydrogen (secondary N) is 2. The van der Waals surface area contributed by atoms with E-state index in [0.29, 0.717) is 17.6 Å². The molecule has 110 valence electrons. The Labute approximate surface area is 121 Å².